The van der Waals surface area contributed by atoms with Crippen LogP contribution in [0.1, 0.15) is 46.9 Å². The lowest BCUT2D eigenvalue weighted by Gasteiger charge is -2.31. The summed E-state index contributed by atoms with van der Waals surface area (Å²) < 4.78 is 10.7. The number of benzene rings is 1. The average molecular weight is 409 g/mol. The van der Waals surface area contributed by atoms with Gasteiger partial charge in [0.25, 0.3) is 5.91 Å². The lowest BCUT2D eigenvalue weighted by atomic mass is 9.92. The second-order valence-electron chi connectivity index (χ2n) is 7.54. The number of pyridine rings is 1. The number of Topliss-reactive ketones (excluding diaryl/α,β-unsaturated/α-hetero) is 1. The van der Waals surface area contributed by atoms with E-state index < -0.39 is 0 Å². The number of likely N-dealkylation sites (tertiary alicyclic amines) is 1. The molecule has 0 radical (unpaired) electrons. The summed E-state index contributed by atoms with van der Waals surface area (Å²) in [6.07, 6.45) is 5.04. The van der Waals surface area contributed by atoms with Crippen molar-refractivity contribution in [2.75, 3.05) is 25.2 Å². The molecule has 2 aliphatic rings. The first-order chi connectivity index (χ1) is 14.5. The third kappa shape index (κ3) is 4.27. The van der Waals surface area contributed by atoms with E-state index in [2.05, 4.69) is 10.3 Å². The number of rotatable bonds is 5. The SMILES string of the molecule is CC(=O)c1cc2c(cc1NC(=O)CC1CCN(C(=O)c3cccnc3)CC1)OCO2. The zero-order valence-electron chi connectivity index (χ0n) is 16.7. The third-order valence-electron chi connectivity index (χ3n) is 5.45. The van der Waals surface area contributed by atoms with Crippen LogP contribution in [0.2, 0.25) is 0 Å². The van der Waals surface area contributed by atoms with Crippen LogP contribution in [0.25, 0.3) is 0 Å². The Morgan fingerprint density at radius 1 is 1.17 bits per heavy atom. The van der Waals surface area contributed by atoms with Crippen LogP contribution in [0.3, 0.4) is 0 Å². The summed E-state index contributed by atoms with van der Waals surface area (Å²) in [4.78, 5) is 42.9. The molecule has 3 heterocycles. The van der Waals surface area contributed by atoms with Crippen molar-refractivity contribution in [2.24, 2.45) is 5.92 Å². The van der Waals surface area contributed by atoms with Crippen molar-refractivity contribution < 1.29 is 23.9 Å². The molecule has 0 bridgehead atoms. The maximum absolute atomic E-state index is 12.6. The Morgan fingerprint density at radius 3 is 2.57 bits per heavy atom. The molecule has 1 saturated heterocycles. The van der Waals surface area contributed by atoms with E-state index in [1.165, 1.54) is 6.92 Å². The van der Waals surface area contributed by atoms with Crippen molar-refractivity contribution in [3.63, 3.8) is 0 Å². The minimum atomic E-state index is -0.161. The van der Waals surface area contributed by atoms with Crippen LogP contribution >= 0.6 is 0 Å². The zero-order valence-corrected chi connectivity index (χ0v) is 16.7. The van der Waals surface area contributed by atoms with Gasteiger partial charge in [0.05, 0.1) is 11.3 Å². The molecule has 4 rings (SSSR count). The van der Waals surface area contributed by atoms with Gasteiger partial charge in [0.1, 0.15) is 0 Å². The number of carbonyl (C=O) groups is 3. The number of hydrogen-bond acceptors (Lipinski definition) is 6. The highest BCUT2D eigenvalue weighted by Gasteiger charge is 2.26. The standard InChI is InChI=1S/C22H23N3O5/c1-14(26)17-10-19-20(30-13-29-19)11-18(17)24-21(27)9-15-4-7-25(8-5-15)22(28)16-3-2-6-23-12-16/h2-3,6,10-12,15H,4-5,7-9,13H2,1H3,(H,24,27). The van der Waals surface area contributed by atoms with Gasteiger partial charge in [-0.05, 0) is 43.9 Å². The molecule has 1 aromatic carbocycles. The van der Waals surface area contributed by atoms with Gasteiger partial charge in [-0.1, -0.05) is 0 Å². The van der Waals surface area contributed by atoms with Crippen LogP contribution in [0, 0.1) is 5.92 Å². The number of aromatic nitrogens is 1. The van der Waals surface area contributed by atoms with Crippen molar-refractivity contribution in [3.05, 3.63) is 47.8 Å². The fourth-order valence-electron chi connectivity index (χ4n) is 3.81. The molecule has 2 amide bonds. The summed E-state index contributed by atoms with van der Waals surface area (Å²) >= 11 is 0. The fourth-order valence-corrected chi connectivity index (χ4v) is 3.81. The molecule has 2 aromatic rings. The molecule has 0 aliphatic carbocycles. The van der Waals surface area contributed by atoms with Crippen molar-refractivity contribution in [3.8, 4) is 11.5 Å². The molecule has 2 aliphatic heterocycles. The summed E-state index contributed by atoms with van der Waals surface area (Å²) in [5.41, 5.74) is 1.40. The van der Waals surface area contributed by atoms with Gasteiger partial charge in [-0.25, -0.2) is 0 Å². The van der Waals surface area contributed by atoms with E-state index in [1.807, 2.05) is 0 Å². The minimum absolute atomic E-state index is 0.0301. The quantitative estimate of drug-likeness (QED) is 0.763. The Kier molecular flexibility index (Phi) is 5.65. The van der Waals surface area contributed by atoms with Gasteiger partial charge in [0.2, 0.25) is 12.7 Å². The smallest absolute Gasteiger partial charge is 0.255 e. The molecule has 156 valence electrons. The van der Waals surface area contributed by atoms with Gasteiger partial charge >= 0.3 is 0 Å². The van der Waals surface area contributed by atoms with E-state index in [0.29, 0.717) is 47.8 Å². The second-order valence-corrected chi connectivity index (χ2v) is 7.54. The van der Waals surface area contributed by atoms with Crippen LogP contribution in [0.4, 0.5) is 5.69 Å². The van der Waals surface area contributed by atoms with Crippen molar-refractivity contribution in [1.82, 2.24) is 9.88 Å². The van der Waals surface area contributed by atoms with Crippen LogP contribution in [-0.2, 0) is 4.79 Å². The van der Waals surface area contributed by atoms with E-state index in [0.717, 1.165) is 12.8 Å². The van der Waals surface area contributed by atoms with E-state index in [1.54, 1.807) is 41.6 Å². The number of amides is 2. The molecule has 0 spiro atoms. The number of ether oxygens (including phenoxy) is 2. The molecule has 0 atom stereocenters. The number of nitrogens with one attached hydrogen (secondary N) is 1. The first kappa shape index (κ1) is 19.9. The van der Waals surface area contributed by atoms with Crippen LogP contribution < -0.4 is 14.8 Å². The Labute approximate surface area is 174 Å². The topological polar surface area (TPSA) is 97.8 Å². The third-order valence-corrected chi connectivity index (χ3v) is 5.45. The Morgan fingerprint density at radius 2 is 1.90 bits per heavy atom. The van der Waals surface area contributed by atoms with Gasteiger partial charge in [0, 0.05) is 43.5 Å². The maximum atomic E-state index is 12.6. The Balaban J connectivity index is 1.34. The molecular weight excluding hydrogens is 386 g/mol. The number of ketones is 1. The van der Waals surface area contributed by atoms with E-state index >= 15 is 0 Å². The highest BCUT2D eigenvalue weighted by Crippen LogP contribution is 2.37. The second kappa shape index (κ2) is 8.52. The first-order valence-electron chi connectivity index (χ1n) is 9.95. The summed E-state index contributed by atoms with van der Waals surface area (Å²) in [5.74, 6) is 0.843. The average Bonchev–Trinajstić information content (AvgIpc) is 3.21. The number of fused-ring (bicyclic) bond motifs is 1. The van der Waals surface area contributed by atoms with Gasteiger partial charge in [-0.15, -0.1) is 0 Å². The highest BCUT2D eigenvalue weighted by atomic mass is 16.7. The van der Waals surface area contributed by atoms with Crippen molar-refractivity contribution in [2.45, 2.75) is 26.2 Å². The number of nitrogens with zero attached hydrogens (tertiary/aromatic N) is 2. The number of hydrogen-bond donors (Lipinski definition) is 1. The number of anilines is 1. The number of piperidine rings is 1. The monoisotopic (exact) mass is 409 g/mol. The number of carbonyl (C=O) groups excluding carboxylic acids is 3. The molecule has 1 aromatic heterocycles. The molecule has 0 unspecified atom stereocenters. The van der Waals surface area contributed by atoms with Gasteiger partial charge < -0.3 is 19.7 Å². The molecule has 8 heteroatoms. The maximum Gasteiger partial charge on any atom is 0.255 e. The van der Waals surface area contributed by atoms with Crippen LogP contribution in [0.15, 0.2) is 36.7 Å². The predicted octanol–water partition coefficient (Wildman–Crippen LogP) is 2.89. The normalized spacial score (nSPS) is 15.7. The summed E-state index contributed by atoms with van der Waals surface area (Å²) in [5, 5.41) is 2.84. The van der Waals surface area contributed by atoms with E-state index in [4.69, 9.17) is 9.47 Å². The van der Waals surface area contributed by atoms with Crippen LogP contribution in [-0.4, -0.2) is 47.4 Å². The summed E-state index contributed by atoms with van der Waals surface area (Å²) in [6, 6.07) is 6.73. The van der Waals surface area contributed by atoms with E-state index in [9.17, 15) is 14.4 Å². The lowest BCUT2D eigenvalue weighted by molar-refractivity contribution is -0.117. The van der Waals surface area contributed by atoms with Gasteiger partial charge in [0.15, 0.2) is 17.3 Å². The molecular formula is C22H23N3O5. The highest BCUT2D eigenvalue weighted by molar-refractivity contribution is 6.04. The first-order valence-corrected chi connectivity index (χ1v) is 9.95. The Hall–Kier alpha value is -3.42. The summed E-state index contributed by atoms with van der Waals surface area (Å²) in [7, 11) is 0. The van der Waals surface area contributed by atoms with Crippen molar-refractivity contribution in [1.29, 1.82) is 0 Å². The zero-order chi connectivity index (χ0) is 21.1. The van der Waals surface area contributed by atoms with Gasteiger partial charge in [-0.3, -0.25) is 19.4 Å². The molecule has 30 heavy (non-hydrogen) atoms. The molecule has 8 nitrogen and oxygen atoms in total. The molecule has 1 fully saturated rings. The van der Waals surface area contributed by atoms with Crippen LogP contribution in [0.5, 0.6) is 11.5 Å². The molecule has 0 saturated carbocycles. The largest absolute Gasteiger partial charge is 0.454 e. The Bertz CT molecular complexity index is 968. The van der Waals surface area contributed by atoms with E-state index in [-0.39, 0.29) is 30.3 Å². The van der Waals surface area contributed by atoms with Gasteiger partial charge in [-0.2, -0.15) is 0 Å². The fraction of sp³-hybridized carbons (Fsp3) is 0.364. The minimum Gasteiger partial charge on any atom is -0.454 e. The lowest BCUT2D eigenvalue weighted by Crippen LogP contribution is -2.39. The predicted molar refractivity (Wildman–Crippen MR) is 109 cm³/mol. The molecule has 1 N–H and O–H groups in total. The van der Waals surface area contributed by atoms with Crippen molar-refractivity contribution >= 4 is 23.3 Å². The summed E-state index contributed by atoms with van der Waals surface area (Å²) in [6.45, 7) is 2.76.